The van der Waals surface area contributed by atoms with Gasteiger partial charge in [0.15, 0.2) is 0 Å². The number of aliphatic carboxylic acids is 1. The third-order valence-corrected chi connectivity index (χ3v) is 0.857. The molecule has 10 heavy (non-hydrogen) atoms. The molecule has 0 aliphatic carbocycles. The van der Waals surface area contributed by atoms with Gasteiger partial charge in [-0.2, -0.15) is 0 Å². The van der Waals surface area contributed by atoms with Crippen molar-refractivity contribution in [2.45, 2.75) is 6.92 Å². The van der Waals surface area contributed by atoms with Gasteiger partial charge < -0.3 is 5.11 Å². The number of carboxylic acids is 1. The number of rotatable bonds is 4. The Morgan fingerprint density at radius 1 is 1.80 bits per heavy atom. The molecule has 0 amide bonds. The zero-order chi connectivity index (χ0) is 7.98. The minimum atomic E-state index is -0.937. The van der Waals surface area contributed by atoms with E-state index in [9.17, 15) is 4.79 Å². The maximum absolute atomic E-state index is 10.1. The van der Waals surface area contributed by atoms with Gasteiger partial charge in [-0.1, -0.05) is 6.08 Å². The molecule has 0 spiro atoms. The average molecular weight is 140 g/mol. The highest BCUT2D eigenvalue weighted by Gasteiger charge is 1.96. The summed E-state index contributed by atoms with van der Waals surface area (Å²) in [6.45, 7) is 5.39. The Balaban J connectivity index is 3.68. The van der Waals surface area contributed by atoms with Gasteiger partial charge in [0, 0.05) is 6.20 Å². The predicted octanol–water partition coefficient (Wildman–Crippen LogP) is 0.765. The summed E-state index contributed by atoms with van der Waals surface area (Å²) in [7, 11) is 0. The molecule has 0 bridgehead atoms. The van der Waals surface area contributed by atoms with Gasteiger partial charge in [-0.15, -0.1) is 6.58 Å². The minimum absolute atomic E-state index is 0.238. The van der Waals surface area contributed by atoms with E-state index < -0.39 is 5.97 Å². The average Bonchev–Trinajstić information content (AvgIpc) is 1.88. The van der Waals surface area contributed by atoms with Crippen molar-refractivity contribution in [2.24, 2.45) is 0 Å². The molecular weight excluding hydrogens is 130 g/mol. The smallest absolute Gasteiger partial charge is 0.332 e. The molecular formula is C7H10NO2. The number of hydrogen-bond donors (Lipinski definition) is 1. The molecule has 0 aromatic heterocycles. The summed E-state index contributed by atoms with van der Waals surface area (Å²) < 4.78 is 0. The molecule has 0 aromatic rings. The van der Waals surface area contributed by atoms with Gasteiger partial charge >= 0.3 is 5.97 Å². The van der Waals surface area contributed by atoms with Crippen molar-refractivity contribution in [3.05, 3.63) is 24.4 Å². The normalized spacial score (nSPS) is 10.7. The topological polar surface area (TPSA) is 51.4 Å². The van der Waals surface area contributed by atoms with E-state index in [0.717, 1.165) is 0 Å². The first-order valence-corrected chi connectivity index (χ1v) is 2.86. The van der Waals surface area contributed by atoms with Crippen LogP contribution in [0.5, 0.6) is 0 Å². The number of hydrogen-bond acceptors (Lipinski definition) is 1. The maximum Gasteiger partial charge on any atom is 0.332 e. The molecule has 0 saturated carbocycles. The van der Waals surface area contributed by atoms with Gasteiger partial charge in [0.2, 0.25) is 0 Å². The number of nitrogens with zero attached hydrogens (tertiary/aromatic N) is 1. The Hall–Kier alpha value is -1.25. The standard InChI is InChI=1S/C7H10NO2/c1-3-4-8-5-6(2)7(9)10/h3,5H,1,4H2,2H3,(H,9,10). The summed E-state index contributed by atoms with van der Waals surface area (Å²) in [5.74, 6) is -0.937. The third kappa shape index (κ3) is 3.72. The third-order valence-electron chi connectivity index (χ3n) is 0.857. The van der Waals surface area contributed by atoms with E-state index in [1.54, 1.807) is 6.08 Å². The van der Waals surface area contributed by atoms with Crippen molar-refractivity contribution in [1.29, 1.82) is 0 Å². The Kier molecular flexibility index (Phi) is 4.04. The summed E-state index contributed by atoms with van der Waals surface area (Å²) in [6, 6.07) is 0. The molecule has 3 nitrogen and oxygen atoms in total. The Bertz CT molecular complexity index is 161. The van der Waals surface area contributed by atoms with Gasteiger partial charge in [0.05, 0.1) is 12.1 Å². The lowest BCUT2D eigenvalue weighted by Gasteiger charge is -1.91. The molecule has 1 N–H and O–H groups in total. The second kappa shape index (κ2) is 4.61. The van der Waals surface area contributed by atoms with E-state index in [-0.39, 0.29) is 5.57 Å². The van der Waals surface area contributed by atoms with Crippen LogP contribution in [0.25, 0.3) is 0 Å². The van der Waals surface area contributed by atoms with Crippen LogP contribution < -0.4 is 5.32 Å². The highest BCUT2D eigenvalue weighted by atomic mass is 16.4. The van der Waals surface area contributed by atoms with Crippen LogP contribution >= 0.6 is 0 Å². The predicted molar refractivity (Wildman–Crippen MR) is 38.6 cm³/mol. The SMILES string of the molecule is C=CC[N]C=C(C)C(=O)O. The van der Waals surface area contributed by atoms with E-state index in [4.69, 9.17) is 5.11 Å². The van der Waals surface area contributed by atoms with E-state index in [1.807, 2.05) is 0 Å². The highest BCUT2D eigenvalue weighted by molar-refractivity contribution is 5.85. The van der Waals surface area contributed by atoms with Crippen LogP contribution in [0.4, 0.5) is 0 Å². The van der Waals surface area contributed by atoms with Crippen LogP contribution in [0.15, 0.2) is 24.4 Å². The zero-order valence-corrected chi connectivity index (χ0v) is 5.87. The largest absolute Gasteiger partial charge is 0.478 e. The molecule has 0 atom stereocenters. The molecule has 55 valence electrons. The first kappa shape index (κ1) is 8.75. The first-order chi connectivity index (χ1) is 4.68. The fraction of sp³-hybridized carbons (Fsp3) is 0.286. The molecule has 0 aromatic carbocycles. The second-order valence-electron chi connectivity index (χ2n) is 1.77. The Morgan fingerprint density at radius 3 is 2.80 bits per heavy atom. The van der Waals surface area contributed by atoms with Crippen LogP contribution in [-0.4, -0.2) is 17.6 Å². The van der Waals surface area contributed by atoms with Gasteiger partial charge in [0.1, 0.15) is 0 Å². The molecule has 0 aliphatic rings. The van der Waals surface area contributed by atoms with E-state index in [0.29, 0.717) is 6.54 Å². The first-order valence-electron chi connectivity index (χ1n) is 2.86. The molecule has 3 heteroatoms. The molecule has 0 aliphatic heterocycles. The molecule has 0 heterocycles. The molecule has 0 unspecified atom stereocenters. The van der Waals surface area contributed by atoms with Crippen LogP contribution in [0.1, 0.15) is 6.92 Å². The summed E-state index contributed by atoms with van der Waals surface area (Å²) >= 11 is 0. The summed E-state index contributed by atoms with van der Waals surface area (Å²) in [5.41, 5.74) is 0.238. The molecule has 1 radical (unpaired) electrons. The van der Waals surface area contributed by atoms with Crippen molar-refractivity contribution in [3.8, 4) is 0 Å². The molecule has 0 saturated heterocycles. The van der Waals surface area contributed by atoms with E-state index in [2.05, 4.69) is 11.9 Å². The van der Waals surface area contributed by atoms with Crippen LogP contribution in [0, 0.1) is 0 Å². The fourth-order valence-electron chi connectivity index (χ4n) is 0.319. The summed E-state index contributed by atoms with van der Waals surface area (Å²) in [6.07, 6.45) is 2.93. The number of carboxylic acid groups (broad SMARTS) is 1. The quantitative estimate of drug-likeness (QED) is 0.356. The highest BCUT2D eigenvalue weighted by Crippen LogP contribution is 1.88. The van der Waals surface area contributed by atoms with Gasteiger partial charge in [0.25, 0.3) is 0 Å². The van der Waals surface area contributed by atoms with Gasteiger partial charge in [-0.05, 0) is 6.92 Å². The van der Waals surface area contributed by atoms with Crippen molar-refractivity contribution in [1.82, 2.24) is 5.32 Å². The summed E-state index contributed by atoms with van der Waals surface area (Å²) in [5, 5.41) is 12.1. The number of carbonyl (C=O) groups is 1. The lowest BCUT2D eigenvalue weighted by atomic mass is 10.3. The Labute approximate surface area is 60.1 Å². The minimum Gasteiger partial charge on any atom is -0.478 e. The van der Waals surface area contributed by atoms with E-state index in [1.165, 1.54) is 13.1 Å². The van der Waals surface area contributed by atoms with E-state index >= 15 is 0 Å². The van der Waals surface area contributed by atoms with Crippen molar-refractivity contribution in [2.75, 3.05) is 6.54 Å². The zero-order valence-electron chi connectivity index (χ0n) is 5.87. The second-order valence-corrected chi connectivity index (χ2v) is 1.77. The monoisotopic (exact) mass is 140 g/mol. The van der Waals surface area contributed by atoms with Crippen molar-refractivity contribution >= 4 is 5.97 Å². The lowest BCUT2D eigenvalue weighted by molar-refractivity contribution is -0.132. The Morgan fingerprint density at radius 2 is 2.40 bits per heavy atom. The maximum atomic E-state index is 10.1. The molecule has 0 rings (SSSR count). The van der Waals surface area contributed by atoms with Gasteiger partial charge in [-0.25, -0.2) is 4.79 Å². The summed E-state index contributed by atoms with van der Waals surface area (Å²) in [4.78, 5) is 10.1. The molecule has 0 fully saturated rings. The van der Waals surface area contributed by atoms with Crippen molar-refractivity contribution < 1.29 is 9.90 Å². The van der Waals surface area contributed by atoms with Crippen molar-refractivity contribution in [3.63, 3.8) is 0 Å². The fourth-order valence-corrected chi connectivity index (χ4v) is 0.319. The van der Waals surface area contributed by atoms with Crippen LogP contribution in [-0.2, 0) is 4.79 Å². The van der Waals surface area contributed by atoms with Crippen LogP contribution in [0.2, 0.25) is 0 Å². The lowest BCUT2D eigenvalue weighted by Crippen LogP contribution is -2.01. The van der Waals surface area contributed by atoms with Crippen LogP contribution in [0.3, 0.4) is 0 Å². The van der Waals surface area contributed by atoms with Gasteiger partial charge in [-0.3, -0.25) is 5.32 Å².